The largest absolute Gasteiger partial charge is 0.393 e. The van der Waals surface area contributed by atoms with Crippen LogP contribution in [0.2, 0.25) is 0 Å². The molecule has 0 bridgehead atoms. The van der Waals surface area contributed by atoms with Crippen molar-refractivity contribution >= 4 is 33.8 Å². The lowest BCUT2D eigenvalue weighted by molar-refractivity contribution is 0.462. The highest BCUT2D eigenvalue weighted by molar-refractivity contribution is 7.15. The average molecular weight is 318 g/mol. The number of nitrogen functional groups attached to an aromatic ring is 1. The number of thiazole rings is 1. The first kappa shape index (κ1) is 15.0. The summed E-state index contributed by atoms with van der Waals surface area (Å²) in [7, 11) is 0. The number of hydrogen-bond acceptors (Lipinski definition) is 7. The van der Waals surface area contributed by atoms with Gasteiger partial charge in [-0.05, 0) is 26.7 Å². The third kappa shape index (κ3) is 3.30. The monoisotopic (exact) mass is 318 g/mol. The van der Waals surface area contributed by atoms with E-state index in [4.69, 9.17) is 5.73 Å². The molecule has 0 saturated heterocycles. The topological polar surface area (TPSA) is 88.8 Å². The lowest BCUT2D eigenvalue weighted by Crippen LogP contribution is -2.23. The van der Waals surface area contributed by atoms with Crippen LogP contribution in [0.4, 0.5) is 22.5 Å². The van der Waals surface area contributed by atoms with E-state index >= 15 is 0 Å². The summed E-state index contributed by atoms with van der Waals surface area (Å²) in [6.07, 6.45) is 7.76. The zero-order chi connectivity index (χ0) is 15.5. The average Bonchev–Trinajstić information content (AvgIpc) is 2.83. The van der Waals surface area contributed by atoms with Gasteiger partial charge >= 0.3 is 0 Å². The fraction of sp³-hybridized carbons (Fsp3) is 0.533. The molecule has 1 fully saturated rings. The normalized spacial score (nSPS) is 15.7. The minimum Gasteiger partial charge on any atom is -0.393 e. The molecule has 0 aromatic carbocycles. The molecular weight excluding hydrogens is 296 g/mol. The summed E-state index contributed by atoms with van der Waals surface area (Å²) in [5.41, 5.74) is 7.80. The number of nitrogens with two attached hydrogens (primary N) is 1. The van der Waals surface area contributed by atoms with Gasteiger partial charge in [0, 0.05) is 10.9 Å². The van der Waals surface area contributed by atoms with E-state index in [9.17, 15) is 0 Å². The van der Waals surface area contributed by atoms with Crippen molar-refractivity contribution in [3.8, 4) is 0 Å². The Morgan fingerprint density at radius 1 is 1.14 bits per heavy atom. The van der Waals surface area contributed by atoms with Gasteiger partial charge in [-0.25, -0.2) is 15.0 Å². The van der Waals surface area contributed by atoms with Crippen molar-refractivity contribution in [2.75, 3.05) is 16.4 Å². The summed E-state index contributed by atoms with van der Waals surface area (Å²) in [5.74, 6) is 1.33. The Labute approximate surface area is 134 Å². The summed E-state index contributed by atoms with van der Waals surface area (Å²) < 4.78 is 0. The van der Waals surface area contributed by atoms with Crippen molar-refractivity contribution < 1.29 is 0 Å². The highest BCUT2D eigenvalue weighted by Gasteiger charge is 2.17. The molecular formula is C15H22N6S. The Kier molecular flexibility index (Phi) is 4.42. The lowest BCUT2D eigenvalue weighted by atomic mass is 9.95. The van der Waals surface area contributed by atoms with Crippen LogP contribution in [-0.4, -0.2) is 21.0 Å². The zero-order valence-electron chi connectivity index (χ0n) is 13.0. The van der Waals surface area contributed by atoms with Gasteiger partial charge in [0.15, 0.2) is 16.8 Å². The fourth-order valence-corrected chi connectivity index (χ4v) is 3.49. The van der Waals surface area contributed by atoms with Crippen molar-refractivity contribution in [1.29, 1.82) is 0 Å². The molecule has 1 saturated carbocycles. The van der Waals surface area contributed by atoms with Gasteiger partial charge in [-0.1, -0.05) is 19.3 Å². The lowest BCUT2D eigenvalue weighted by Gasteiger charge is -2.24. The summed E-state index contributed by atoms with van der Waals surface area (Å²) in [6.45, 7) is 4.05. The predicted molar refractivity (Wildman–Crippen MR) is 91.8 cm³/mol. The molecule has 0 unspecified atom stereocenters. The molecule has 4 N–H and O–H groups in total. The second-order valence-corrected chi connectivity index (χ2v) is 6.95. The van der Waals surface area contributed by atoms with Gasteiger partial charge in [0.1, 0.15) is 12.0 Å². The molecule has 2 aromatic rings. The van der Waals surface area contributed by atoms with Crippen LogP contribution in [-0.2, 0) is 0 Å². The van der Waals surface area contributed by atoms with Gasteiger partial charge in [0.05, 0.1) is 5.69 Å². The molecule has 0 atom stereocenters. The van der Waals surface area contributed by atoms with E-state index in [2.05, 4.69) is 32.5 Å². The summed E-state index contributed by atoms with van der Waals surface area (Å²) in [5, 5.41) is 7.47. The van der Waals surface area contributed by atoms with Crippen molar-refractivity contribution in [3.05, 3.63) is 16.9 Å². The molecule has 7 heteroatoms. The third-order valence-corrected chi connectivity index (χ3v) is 5.07. The predicted octanol–water partition coefficient (Wildman–Crippen LogP) is 3.62. The summed E-state index contributed by atoms with van der Waals surface area (Å²) in [4.78, 5) is 14.2. The van der Waals surface area contributed by atoms with Crippen molar-refractivity contribution in [2.45, 2.75) is 52.0 Å². The van der Waals surface area contributed by atoms with Crippen LogP contribution in [0.1, 0.15) is 42.7 Å². The van der Waals surface area contributed by atoms with Gasteiger partial charge in [-0.3, -0.25) is 0 Å². The first-order valence-corrected chi connectivity index (χ1v) is 8.53. The molecule has 22 heavy (non-hydrogen) atoms. The second-order valence-electron chi connectivity index (χ2n) is 5.75. The molecule has 0 aliphatic heterocycles. The summed E-state index contributed by atoms with van der Waals surface area (Å²) in [6, 6.07) is 0.461. The molecule has 118 valence electrons. The van der Waals surface area contributed by atoms with Crippen molar-refractivity contribution in [1.82, 2.24) is 15.0 Å². The molecule has 3 rings (SSSR count). The standard InChI is InChI=1S/C15H22N6S/c1-9-10(2)22-15(19-9)21-14-12(16)13(17-8-18-14)20-11-6-4-3-5-7-11/h8,11H,3-7,16H2,1-2H3,(H2,17,18,19,20,21). The number of rotatable bonds is 4. The highest BCUT2D eigenvalue weighted by atomic mass is 32.1. The van der Waals surface area contributed by atoms with Crippen LogP contribution in [0, 0.1) is 13.8 Å². The Morgan fingerprint density at radius 3 is 2.55 bits per heavy atom. The zero-order valence-corrected chi connectivity index (χ0v) is 13.8. The molecule has 2 heterocycles. The first-order chi connectivity index (χ1) is 10.6. The number of anilines is 4. The summed E-state index contributed by atoms with van der Waals surface area (Å²) >= 11 is 1.60. The van der Waals surface area contributed by atoms with Crippen LogP contribution < -0.4 is 16.4 Å². The maximum Gasteiger partial charge on any atom is 0.188 e. The molecule has 0 spiro atoms. The minimum absolute atomic E-state index is 0.461. The van der Waals surface area contributed by atoms with E-state index in [1.165, 1.54) is 43.3 Å². The fourth-order valence-electron chi connectivity index (χ4n) is 2.68. The number of nitrogens with zero attached hydrogens (tertiary/aromatic N) is 3. The van der Waals surface area contributed by atoms with Gasteiger partial charge in [0.25, 0.3) is 0 Å². The SMILES string of the molecule is Cc1nc(Nc2ncnc(NC3CCCCC3)c2N)sc1C. The van der Waals surface area contributed by atoms with Crippen LogP contribution in [0.5, 0.6) is 0 Å². The molecule has 0 radical (unpaired) electrons. The number of nitrogens with one attached hydrogen (secondary N) is 2. The Bertz CT molecular complexity index is 628. The molecule has 2 aromatic heterocycles. The molecule has 6 nitrogen and oxygen atoms in total. The van der Waals surface area contributed by atoms with E-state index in [1.54, 1.807) is 11.3 Å². The van der Waals surface area contributed by atoms with Crippen LogP contribution in [0.3, 0.4) is 0 Å². The Morgan fingerprint density at radius 2 is 1.86 bits per heavy atom. The van der Waals surface area contributed by atoms with Crippen molar-refractivity contribution in [2.24, 2.45) is 0 Å². The second kappa shape index (κ2) is 6.48. The number of aryl methyl sites for hydroxylation is 2. The van der Waals surface area contributed by atoms with Gasteiger partial charge < -0.3 is 16.4 Å². The van der Waals surface area contributed by atoms with E-state index in [0.29, 0.717) is 17.5 Å². The molecule has 1 aliphatic rings. The smallest absolute Gasteiger partial charge is 0.188 e. The maximum atomic E-state index is 6.22. The first-order valence-electron chi connectivity index (χ1n) is 7.71. The molecule has 0 amide bonds. The van der Waals surface area contributed by atoms with Gasteiger partial charge in [-0.15, -0.1) is 11.3 Å². The maximum absolute atomic E-state index is 6.22. The number of hydrogen-bond donors (Lipinski definition) is 3. The Hall–Kier alpha value is -1.89. The van der Waals surface area contributed by atoms with Crippen LogP contribution in [0.25, 0.3) is 0 Å². The Balaban J connectivity index is 1.76. The highest BCUT2D eigenvalue weighted by Crippen LogP contribution is 2.30. The molecule has 1 aliphatic carbocycles. The number of aromatic nitrogens is 3. The third-order valence-electron chi connectivity index (χ3n) is 4.08. The van der Waals surface area contributed by atoms with E-state index in [0.717, 1.165) is 16.6 Å². The quantitative estimate of drug-likeness (QED) is 0.798. The van der Waals surface area contributed by atoms with Gasteiger partial charge in [0.2, 0.25) is 0 Å². The van der Waals surface area contributed by atoms with E-state index in [-0.39, 0.29) is 0 Å². The van der Waals surface area contributed by atoms with Gasteiger partial charge in [-0.2, -0.15) is 0 Å². The van der Waals surface area contributed by atoms with E-state index in [1.807, 2.05) is 6.92 Å². The van der Waals surface area contributed by atoms with Crippen molar-refractivity contribution in [3.63, 3.8) is 0 Å². The van der Waals surface area contributed by atoms with E-state index < -0.39 is 0 Å². The minimum atomic E-state index is 0.461. The van der Waals surface area contributed by atoms with Crippen LogP contribution >= 0.6 is 11.3 Å². The van der Waals surface area contributed by atoms with Crippen LogP contribution in [0.15, 0.2) is 6.33 Å².